The summed E-state index contributed by atoms with van der Waals surface area (Å²) in [7, 11) is 0. The minimum absolute atomic E-state index is 0.509. The van der Waals surface area contributed by atoms with E-state index in [1.807, 2.05) is 6.92 Å². The maximum absolute atomic E-state index is 10.7. The lowest BCUT2D eigenvalue weighted by molar-refractivity contribution is -0.145. The second-order valence-corrected chi connectivity index (χ2v) is 3.76. The van der Waals surface area contributed by atoms with Crippen LogP contribution >= 0.6 is 11.8 Å². The maximum atomic E-state index is 10.7. The van der Waals surface area contributed by atoms with Crippen molar-refractivity contribution in [2.45, 2.75) is 25.6 Å². The lowest BCUT2D eigenvalue weighted by atomic mass is 10.2. The van der Waals surface area contributed by atoms with Crippen LogP contribution in [0.4, 0.5) is 0 Å². The molecule has 0 radical (unpaired) electrons. The molecule has 1 aliphatic heterocycles. The van der Waals surface area contributed by atoms with Crippen LogP contribution in [0, 0.1) is 0 Å². The quantitative estimate of drug-likeness (QED) is 0.666. The maximum Gasteiger partial charge on any atom is 0.321 e. The van der Waals surface area contributed by atoms with Crippen molar-refractivity contribution < 1.29 is 15.0 Å². The first-order chi connectivity index (χ1) is 5.66. The van der Waals surface area contributed by atoms with E-state index in [1.165, 1.54) is 0 Å². The van der Waals surface area contributed by atoms with Crippen LogP contribution in [0.3, 0.4) is 0 Å². The van der Waals surface area contributed by atoms with Gasteiger partial charge in [0.2, 0.25) is 0 Å². The van der Waals surface area contributed by atoms with E-state index in [-0.39, 0.29) is 0 Å². The van der Waals surface area contributed by atoms with Crippen molar-refractivity contribution in [2.75, 3.05) is 11.6 Å². The molecule has 0 saturated carbocycles. The van der Waals surface area contributed by atoms with Gasteiger partial charge in [-0.05, 0) is 6.42 Å². The first-order valence-electron chi connectivity index (χ1n) is 3.91. The third-order valence-corrected chi connectivity index (χ3v) is 2.98. The summed E-state index contributed by atoms with van der Waals surface area (Å²) in [6, 6.07) is -0.509. The fourth-order valence-corrected chi connectivity index (χ4v) is 2.42. The number of aliphatic hydroxyl groups is 1. The van der Waals surface area contributed by atoms with Gasteiger partial charge in [0.1, 0.15) is 12.3 Å². The van der Waals surface area contributed by atoms with Crippen LogP contribution in [-0.2, 0) is 4.79 Å². The van der Waals surface area contributed by atoms with Crippen LogP contribution in [-0.4, -0.2) is 45.0 Å². The van der Waals surface area contributed by atoms with Gasteiger partial charge in [-0.3, -0.25) is 9.69 Å². The topological polar surface area (TPSA) is 60.8 Å². The number of carboxylic acid groups (broad SMARTS) is 1. The Labute approximate surface area is 75.6 Å². The minimum Gasteiger partial charge on any atom is -0.480 e. The normalized spacial score (nSPS) is 27.3. The molecule has 0 aromatic carbocycles. The predicted molar refractivity (Wildman–Crippen MR) is 46.9 cm³/mol. The number of nitrogens with zero attached hydrogens (tertiary/aromatic N) is 1. The van der Waals surface area contributed by atoms with E-state index < -0.39 is 18.2 Å². The summed E-state index contributed by atoms with van der Waals surface area (Å²) in [6.45, 7) is 1.84. The summed E-state index contributed by atoms with van der Waals surface area (Å²) in [6.07, 6.45) is -0.0363. The van der Waals surface area contributed by atoms with Gasteiger partial charge in [0.25, 0.3) is 0 Å². The van der Waals surface area contributed by atoms with E-state index in [4.69, 9.17) is 5.11 Å². The smallest absolute Gasteiger partial charge is 0.321 e. The van der Waals surface area contributed by atoms with Gasteiger partial charge in [0, 0.05) is 11.6 Å². The summed E-state index contributed by atoms with van der Waals surface area (Å²) >= 11 is 1.55. The third-order valence-electron chi connectivity index (χ3n) is 1.95. The number of hydrogen-bond acceptors (Lipinski definition) is 4. The molecular weight excluding hydrogens is 178 g/mol. The predicted octanol–water partition coefficient (Wildman–Crippen LogP) is 0.174. The van der Waals surface area contributed by atoms with E-state index >= 15 is 0 Å². The van der Waals surface area contributed by atoms with Gasteiger partial charge in [-0.2, -0.15) is 0 Å². The first kappa shape index (κ1) is 9.83. The highest BCUT2D eigenvalue weighted by Crippen LogP contribution is 2.23. The number of aliphatic hydroxyl groups excluding tert-OH is 1. The van der Waals surface area contributed by atoms with Crippen molar-refractivity contribution in [3.63, 3.8) is 0 Å². The van der Waals surface area contributed by atoms with E-state index in [1.54, 1.807) is 16.7 Å². The Balaban J connectivity index is 2.57. The zero-order chi connectivity index (χ0) is 9.14. The molecule has 4 nitrogen and oxygen atoms in total. The molecule has 0 aromatic heterocycles. The van der Waals surface area contributed by atoms with Gasteiger partial charge >= 0.3 is 5.97 Å². The van der Waals surface area contributed by atoms with Crippen LogP contribution in [0.1, 0.15) is 13.3 Å². The molecule has 1 heterocycles. The average Bonchev–Trinajstić information content (AvgIpc) is 2.50. The van der Waals surface area contributed by atoms with Gasteiger partial charge in [-0.1, -0.05) is 6.92 Å². The number of carboxylic acids is 1. The largest absolute Gasteiger partial charge is 0.480 e. The molecule has 70 valence electrons. The Morgan fingerprint density at radius 1 is 1.83 bits per heavy atom. The molecule has 12 heavy (non-hydrogen) atoms. The molecule has 1 aliphatic rings. The first-order valence-corrected chi connectivity index (χ1v) is 5.06. The molecule has 0 amide bonds. The Morgan fingerprint density at radius 3 is 3.00 bits per heavy atom. The van der Waals surface area contributed by atoms with Gasteiger partial charge in [0.15, 0.2) is 0 Å². The zero-order valence-corrected chi connectivity index (χ0v) is 7.75. The molecular formula is C7H13NO3S. The molecule has 1 rings (SSSR count). The van der Waals surface area contributed by atoms with Crippen molar-refractivity contribution in [1.82, 2.24) is 4.90 Å². The second kappa shape index (κ2) is 4.11. The van der Waals surface area contributed by atoms with Crippen molar-refractivity contribution in [3.8, 4) is 0 Å². The fourth-order valence-electron chi connectivity index (χ4n) is 1.20. The van der Waals surface area contributed by atoms with Crippen LogP contribution in [0.15, 0.2) is 0 Å². The SMILES string of the molecule is CCC(O)N1CSCC1C(=O)O. The summed E-state index contributed by atoms with van der Waals surface area (Å²) in [4.78, 5) is 12.3. The lowest BCUT2D eigenvalue weighted by Gasteiger charge is -2.24. The van der Waals surface area contributed by atoms with E-state index in [9.17, 15) is 9.90 Å². The van der Waals surface area contributed by atoms with Crippen LogP contribution < -0.4 is 0 Å². The minimum atomic E-state index is -0.840. The second-order valence-electron chi connectivity index (χ2n) is 2.76. The Kier molecular flexibility index (Phi) is 3.37. The number of thioether (sulfide) groups is 1. The van der Waals surface area contributed by atoms with E-state index in [0.717, 1.165) is 0 Å². The summed E-state index contributed by atoms with van der Waals surface area (Å²) in [5.41, 5.74) is 0. The monoisotopic (exact) mass is 191 g/mol. The molecule has 1 fully saturated rings. The van der Waals surface area contributed by atoms with Crippen LogP contribution in [0.25, 0.3) is 0 Å². The Bertz CT molecular complexity index is 176. The molecule has 2 N–H and O–H groups in total. The van der Waals surface area contributed by atoms with Gasteiger partial charge in [-0.25, -0.2) is 0 Å². The van der Waals surface area contributed by atoms with Gasteiger partial charge in [-0.15, -0.1) is 11.8 Å². The Hall–Kier alpha value is -0.260. The molecule has 2 unspecified atom stereocenters. The van der Waals surface area contributed by atoms with Crippen LogP contribution in [0.5, 0.6) is 0 Å². The number of hydrogen-bond donors (Lipinski definition) is 2. The third kappa shape index (κ3) is 1.91. The highest BCUT2D eigenvalue weighted by Gasteiger charge is 2.34. The van der Waals surface area contributed by atoms with E-state index in [0.29, 0.717) is 18.1 Å². The van der Waals surface area contributed by atoms with Crippen molar-refractivity contribution in [1.29, 1.82) is 0 Å². The molecule has 2 atom stereocenters. The number of rotatable bonds is 3. The average molecular weight is 191 g/mol. The molecule has 5 heteroatoms. The Morgan fingerprint density at radius 2 is 2.50 bits per heavy atom. The van der Waals surface area contributed by atoms with Crippen molar-refractivity contribution >= 4 is 17.7 Å². The number of aliphatic carboxylic acids is 1. The van der Waals surface area contributed by atoms with Crippen molar-refractivity contribution in [2.24, 2.45) is 0 Å². The highest BCUT2D eigenvalue weighted by atomic mass is 32.2. The molecule has 0 spiro atoms. The lowest BCUT2D eigenvalue weighted by Crippen LogP contribution is -2.44. The molecule has 1 saturated heterocycles. The molecule has 0 aliphatic carbocycles. The highest BCUT2D eigenvalue weighted by molar-refractivity contribution is 7.99. The van der Waals surface area contributed by atoms with Crippen molar-refractivity contribution in [3.05, 3.63) is 0 Å². The summed E-state index contributed by atoms with van der Waals surface area (Å²) < 4.78 is 0. The van der Waals surface area contributed by atoms with Crippen LogP contribution in [0.2, 0.25) is 0 Å². The van der Waals surface area contributed by atoms with E-state index in [2.05, 4.69) is 0 Å². The van der Waals surface area contributed by atoms with Gasteiger partial charge in [0.05, 0.1) is 0 Å². The summed E-state index contributed by atoms with van der Waals surface area (Å²) in [5.74, 6) is 0.353. The summed E-state index contributed by atoms with van der Waals surface area (Å²) in [5, 5.41) is 18.2. The molecule has 0 aromatic rings. The van der Waals surface area contributed by atoms with Gasteiger partial charge < -0.3 is 10.2 Å². The standard InChI is InChI=1S/C7H13NO3S/c1-2-6(9)8-4-12-3-5(8)7(10)11/h5-6,9H,2-4H2,1H3,(H,10,11). The molecule has 0 bridgehead atoms. The zero-order valence-electron chi connectivity index (χ0n) is 6.93. The fraction of sp³-hybridized carbons (Fsp3) is 0.857. The number of carbonyl (C=O) groups is 1.